The van der Waals surface area contributed by atoms with E-state index in [0.29, 0.717) is 6.54 Å². The third-order valence-electron chi connectivity index (χ3n) is 3.91. The molecule has 5 heteroatoms. The molecule has 0 aliphatic rings. The molecule has 0 spiro atoms. The Bertz CT molecular complexity index is 899. The van der Waals surface area contributed by atoms with Gasteiger partial charge in [-0.1, -0.05) is 24.3 Å². The Balaban J connectivity index is 2.28. The molecule has 3 nitrogen and oxygen atoms in total. The van der Waals surface area contributed by atoms with Crippen LogP contribution in [0, 0.1) is 20.8 Å². The molecule has 2 heterocycles. The number of fused-ring (bicyclic) bond motifs is 1. The van der Waals surface area contributed by atoms with E-state index in [1.165, 1.54) is 27.1 Å². The predicted octanol–water partition coefficient (Wildman–Crippen LogP) is 5.53. The summed E-state index contributed by atoms with van der Waals surface area (Å²) in [5, 5.41) is 4.57. The SMILES string of the molecule is C=CCNc1nc(Cl)nc2sc(C)c(-c3ccc(C)c(C)c3)c12. The lowest BCUT2D eigenvalue weighted by Gasteiger charge is -2.09. The average molecular weight is 344 g/mol. The molecule has 0 aliphatic heterocycles. The van der Waals surface area contributed by atoms with Gasteiger partial charge in [0, 0.05) is 17.0 Å². The summed E-state index contributed by atoms with van der Waals surface area (Å²) in [4.78, 5) is 10.9. The largest absolute Gasteiger partial charge is 0.366 e. The van der Waals surface area contributed by atoms with Crippen molar-refractivity contribution in [1.29, 1.82) is 0 Å². The first-order valence-corrected chi connectivity index (χ1v) is 8.59. The van der Waals surface area contributed by atoms with E-state index in [1.807, 2.05) is 0 Å². The number of benzene rings is 1. The zero-order valence-corrected chi connectivity index (χ0v) is 15.0. The summed E-state index contributed by atoms with van der Waals surface area (Å²) >= 11 is 7.72. The summed E-state index contributed by atoms with van der Waals surface area (Å²) in [6.07, 6.45) is 1.80. The summed E-state index contributed by atoms with van der Waals surface area (Å²) in [6.45, 7) is 10.7. The molecule has 0 amide bonds. The lowest BCUT2D eigenvalue weighted by Crippen LogP contribution is -2.02. The van der Waals surface area contributed by atoms with Crippen molar-refractivity contribution in [2.45, 2.75) is 20.8 Å². The first kappa shape index (κ1) is 16.0. The van der Waals surface area contributed by atoms with E-state index in [0.717, 1.165) is 16.0 Å². The monoisotopic (exact) mass is 343 g/mol. The van der Waals surface area contributed by atoms with Crippen molar-refractivity contribution in [3.63, 3.8) is 0 Å². The number of anilines is 1. The fraction of sp³-hybridized carbons (Fsp3) is 0.222. The van der Waals surface area contributed by atoms with Crippen LogP contribution in [0.2, 0.25) is 5.28 Å². The zero-order valence-electron chi connectivity index (χ0n) is 13.4. The van der Waals surface area contributed by atoms with E-state index in [-0.39, 0.29) is 5.28 Å². The van der Waals surface area contributed by atoms with E-state index in [9.17, 15) is 0 Å². The van der Waals surface area contributed by atoms with Gasteiger partial charge in [-0.05, 0) is 49.1 Å². The molecule has 3 aromatic rings. The lowest BCUT2D eigenvalue weighted by molar-refractivity contribution is 1.19. The highest BCUT2D eigenvalue weighted by Crippen LogP contribution is 2.41. The number of halogens is 1. The van der Waals surface area contributed by atoms with Crippen LogP contribution in [0.15, 0.2) is 30.9 Å². The highest BCUT2D eigenvalue weighted by molar-refractivity contribution is 7.19. The van der Waals surface area contributed by atoms with Crippen LogP contribution >= 0.6 is 22.9 Å². The number of aryl methyl sites for hydroxylation is 3. The molecule has 0 unspecified atom stereocenters. The highest BCUT2D eigenvalue weighted by Gasteiger charge is 2.18. The van der Waals surface area contributed by atoms with Crippen LogP contribution in [0.5, 0.6) is 0 Å². The molecule has 23 heavy (non-hydrogen) atoms. The minimum absolute atomic E-state index is 0.261. The molecule has 3 rings (SSSR count). The van der Waals surface area contributed by atoms with Crippen molar-refractivity contribution in [3.8, 4) is 11.1 Å². The van der Waals surface area contributed by atoms with Crippen LogP contribution in [0.1, 0.15) is 16.0 Å². The minimum atomic E-state index is 0.261. The van der Waals surface area contributed by atoms with E-state index in [4.69, 9.17) is 11.6 Å². The third-order valence-corrected chi connectivity index (χ3v) is 5.08. The van der Waals surface area contributed by atoms with Gasteiger partial charge >= 0.3 is 0 Å². The molecule has 1 aromatic carbocycles. The van der Waals surface area contributed by atoms with E-state index in [1.54, 1.807) is 17.4 Å². The number of rotatable bonds is 4. The maximum atomic E-state index is 6.07. The summed E-state index contributed by atoms with van der Waals surface area (Å²) in [5.74, 6) is 0.762. The molecular formula is C18H18ClN3S. The van der Waals surface area contributed by atoms with Gasteiger partial charge in [0.2, 0.25) is 5.28 Å². The summed E-state index contributed by atoms with van der Waals surface area (Å²) < 4.78 is 0. The van der Waals surface area contributed by atoms with Gasteiger partial charge in [0.15, 0.2) is 0 Å². The van der Waals surface area contributed by atoms with Crippen LogP contribution < -0.4 is 5.32 Å². The van der Waals surface area contributed by atoms with Gasteiger partial charge in [-0.15, -0.1) is 17.9 Å². The number of aromatic nitrogens is 2. The maximum Gasteiger partial charge on any atom is 0.225 e. The van der Waals surface area contributed by atoms with Crippen molar-refractivity contribution >= 4 is 39.0 Å². The van der Waals surface area contributed by atoms with Crippen LogP contribution in [0.25, 0.3) is 21.3 Å². The van der Waals surface area contributed by atoms with Gasteiger partial charge in [-0.25, -0.2) is 9.97 Å². The molecule has 0 bridgehead atoms. The molecule has 118 valence electrons. The molecular weight excluding hydrogens is 326 g/mol. The van der Waals surface area contributed by atoms with Crippen LogP contribution in [0.3, 0.4) is 0 Å². The molecule has 0 radical (unpaired) electrons. The molecule has 0 aliphatic carbocycles. The molecule has 1 N–H and O–H groups in total. The number of hydrogen-bond donors (Lipinski definition) is 1. The summed E-state index contributed by atoms with van der Waals surface area (Å²) in [7, 11) is 0. The molecule has 0 saturated carbocycles. The minimum Gasteiger partial charge on any atom is -0.366 e. The van der Waals surface area contributed by atoms with Crippen molar-refractivity contribution in [2.24, 2.45) is 0 Å². The number of thiophene rings is 1. The first-order valence-electron chi connectivity index (χ1n) is 7.40. The van der Waals surface area contributed by atoms with Crippen LogP contribution in [-0.2, 0) is 0 Å². The summed E-state index contributed by atoms with van der Waals surface area (Å²) in [5.41, 5.74) is 4.92. The maximum absolute atomic E-state index is 6.07. The highest BCUT2D eigenvalue weighted by atomic mass is 35.5. The molecule has 2 aromatic heterocycles. The van der Waals surface area contributed by atoms with Gasteiger partial charge < -0.3 is 5.32 Å². The Morgan fingerprint density at radius 1 is 1.22 bits per heavy atom. The van der Waals surface area contributed by atoms with Crippen molar-refractivity contribution < 1.29 is 0 Å². The molecule has 0 fully saturated rings. The average Bonchev–Trinajstić information content (AvgIpc) is 2.83. The zero-order chi connectivity index (χ0) is 16.6. The van der Waals surface area contributed by atoms with Crippen molar-refractivity contribution in [2.75, 3.05) is 11.9 Å². The van der Waals surface area contributed by atoms with E-state index in [2.05, 4.69) is 60.8 Å². The Kier molecular flexibility index (Phi) is 4.37. The topological polar surface area (TPSA) is 37.8 Å². The second kappa shape index (κ2) is 6.30. The van der Waals surface area contributed by atoms with Crippen molar-refractivity contribution in [3.05, 3.63) is 52.1 Å². The summed E-state index contributed by atoms with van der Waals surface area (Å²) in [6, 6.07) is 6.53. The van der Waals surface area contributed by atoms with E-state index >= 15 is 0 Å². The second-order valence-electron chi connectivity index (χ2n) is 5.52. The third kappa shape index (κ3) is 2.96. The number of hydrogen-bond acceptors (Lipinski definition) is 4. The Morgan fingerprint density at radius 3 is 2.70 bits per heavy atom. The Morgan fingerprint density at radius 2 is 2.00 bits per heavy atom. The van der Waals surface area contributed by atoms with Crippen LogP contribution in [0.4, 0.5) is 5.82 Å². The van der Waals surface area contributed by atoms with Gasteiger partial charge in [-0.2, -0.15) is 0 Å². The normalized spacial score (nSPS) is 11.0. The van der Waals surface area contributed by atoms with Crippen molar-refractivity contribution in [1.82, 2.24) is 9.97 Å². The Labute approximate surface area is 145 Å². The van der Waals surface area contributed by atoms with Gasteiger partial charge in [0.1, 0.15) is 10.6 Å². The number of nitrogens with zero attached hydrogens (tertiary/aromatic N) is 2. The fourth-order valence-corrected chi connectivity index (χ4v) is 3.89. The van der Waals surface area contributed by atoms with Crippen LogP contribution in [-0.4, -0.2) is 16.5 Å². The van der Waals surface area contributed by atoms with Gasteiger partial charge in [0.05, 0.1) is 5.39 Å². The van der Waals surface area contributed by atoms with E-state index < -0.39 is 0 Å². The van der Waals surface area contributed by atoms with Gasteiger partial charge in [-0.3, -0.25) is 0 Å². The quantitative estimate of drug-likeness (QED) is 0.499. The standard InChI is InChI=1S/C18H18ClN3S/c1-5-8-20-16-15-14(13-7-6-10(2)11(3)9-13)12(4)23-17(15)22-18(19)21-16/h5-7,9H,1,8H2,2-4H3,(H,20,21,22). The second-order valence-corrected chi connectivity index (χ2v) is 7.06. The van der Waals surface area contributed by atoms with Gasteiger partial charge in [0.25, 0.3) is 0 Å². The first-order chi connectivity index (χ1) is 11.0. The predicted molar refractivity (Wildman–Crippen MR) is 101 cm³/mol. The lowest BCUT2D eigenvalue weighted by atomic mass is 9.99. The molecule has 0 atom stereocenters. The number of nitrogens with one attached hydrogen (secondary N) is 1. The fourth-order valence-electron chi connectivity index (χ4n) is 2.63. The Hall–Kier alpha value is -1.91. The molecule has 0 saturated heterocycles. The smallest absolute Gasteiger partial charge is 0.225 e.